The van der Waals surface area contributed by atoms with E-state index < -0.39 is 6.10 Å². The van der Waals surface area contributed by atoms with Gasteiger partial charge in [0.1, 0.15) is 30.0 Å². The Bertz CT molecular complexity index is 1590. The molecule has 7 nitrogen and oxygen atoms in total. The Morgan fingerprint density at radius 1 is 1.05 bits per heavy atom. The number of ether oxygens (including phenoxy) is 4. The highest BCUT2D eigenvalue weighted by molar-refractivity contribution is 8.76. The topological polar surface area (TPSA) is 94.5 Å². The number of methoxy groups -OCH3 is 2. The molecule has 9 heteroatoms. The lowest BCUT2D eigenvalue weighted by molar-refractivity contribution is -0.141. The van der Waals surface area contributed by atoms with E-state index in [0.717, 1.165) is 70.6 Å². The van der Waals surface area contributed by atoms with Crippen LogP contribution in [0.25, 0.3) is 11.1 Å². The summed E-state index contributed by atoms with van der Waals surface area (Å²) < 4.78 is 24.1. The molecule has 1 spiro atoms. The van der Waals surface area contributed by atoms with Crippen molar-refractivity contribution >= 4 is 27.6 Å². The van der Waals surface area contributed by atoms with Crippen LogP contribution in [0, 0.1) is 5.92 Å². The molecule has 0 radical (unpaired) electrons. The third-order valence-corrected chi connectivity index (χ3v) is 11.9. The Morgan fingerprint density at radius 2 is 1.88 bits per heavy atom. The molecule has 4 atom stereocenters. The number of carbonyl (C=O) groups excluding carboxylic acids is 1. The SMILES string of the molecule is COc1cc2c(cc1O)CSSCC1CCC3(Cc4cc(O)cc(OC)c4-c4ccc5c(c43)OC2C5COC(C)=O)C1. The van der Waals surface area contributed by atoms with Crippen LogP contribution in [-0.4, -0.2) is 42.8 Å². The number of phenols is 2. The molecule has 4 aliphatic rings. The summed E-state index contributed by atoms with van der Waals surface area (Å²) in [6.45, 7) is 1.61. The van der Waals surface area contributed by atoms with Crippen molar-refractivity contribution in [2.24, 2.45) is 5.92 Å². The Labute approximate surface area is 253 Å². The minimum atomic E-state index is -0.431. The van der Waals surface area contributed by atoms with Crippen LogP contribution in [0.4, 0.5) is 0 Å². The van der Waals surface area contributed by atoms with Gasteiger partial charge in [0.25, 0.3) is 0 Å². The first-order valence-corrected chi connectivity index (χ1v) is 16.8. The molecule has 42 heavy (non-hydrogen) atoms. The molecule has 7 rings (SSSR count). The number of esters is 1. The molecule has 0 aromatic heterocycles. The van der Waals surface area contributed by atoms with Crippen LogP contribution in [0.2, 0.25) is 0 Å². The van der Waals surface area contributed by atoms with E-state index in [-0.39, 0.29) is 35.4 Å². The molecule has 2 aliphatic carbocycles. The largest absolute Gasteiger partial charge is 0.508 e. The first kappa shape index (κ1) is 27.7. The maximum atomic E-state index is 12.0. The third-order valence-electron chi connectivity index (χ3n) is 9.44. The van der Waals surface area contributed by atoms with Gasteiger partial charge < -0.3 is 29.2 Å². The molecule has 0 saturated heterocycles. The summed E-state index contributed by atoms with van der Waals surface area (Å²) in [7, 11) is 6.87. The van der Waals surface area contributed by atoms with E-state index in [1.165, 1.54) is 12.5 Å². The highest BCUT2D eigenvalue weighted by atomic mass is 33.1. The Balaban J connectivity index is 1.48. The molecule has 2 N–H and O–H groups in total. The second-order valence-electron chi connectivity index (χ2n) is 11.9. The molecule has 2 aliphatic heterocycles. The fourth-order valence-corrected chi connectivity index (χ4v) is 10.2. The quantitative estimate of drug-likeness (QED) is 0.239. The maximum absolute atomic E-state index is 12.0. The van der Waals surface area contributed by atoms with Gasteiger partial charge in [-0.15, -0.1) is 0 Å². The smallest absolute Gasteiger partial charge is 0.302 e. The number of fused-ring (bicyclic) bond motifs is 6. The van der Waals surface area contributed by atoms with Crippen molar-refractivity contribution in [1.29, 1.82) is 0 Å². The molecule has 0 amide bonds. The first-order chi connectivity index (χ1) is 20.3. The van der Waals surface area contributed by atoms with Gasteiger partial charge in [-0.25, -0.2) is 0 Å². The fourth-order valence-electron chi connectivity index (χ4n) is 7.70. The molecule has 1 fully saturated rings. The van der Waals surface area contributed by atoms with Gasteiger partial charge in [0.15, 0.2) is 11.5 Å². The van der Waals surface area contributed by atoms with Gasteiger partial charge >= 0.3 is 5.97 Å². The lowest BCUT2D eigenvalue weighted by Gasteiger charge is -2.39. The number of carbonyl (C=O) groups is 1. The van der Waals surface area contributed by atoms with E-state index in [0.29, 0.717) is 23.2 Å². The first-order valence-electron chi connectivity index (χ1n) is 14.3. The van der Waals surface area contributed by atoms with Crippen LogP contribution in [0.15, 0.2) is 36.4 Å². The number of aromatic hydroxyl groups is 2. The van der Waals surface area contributed by atoms with Gasteiger partial charge in [-0.05, 0) is 66.5 Å². The normalized spacial score (nSPS) is 25.2. The molecule has 3 aromatic rings. The summed E-state index contributed by atoms with van der Waals surface area (Å²) in [6, 6.07) is 11.5. The molecular formula is C33H34O7S2. The fraction of sp³-hybridized carbons (Fsp3) is 0.424. The molecule has 2 heterocycles. The average molecular weight is 607 g/mol. The van der Waals surface area contributed by atoms with E-state index in [1.807, 2.05) is 22.9 Å². The average Bonchev–Trinajstić information content (AvgIpc) is 3.54. The summed E-state index contributed by atoms with van der Waals surface area (Å²) in [4.78, 5) is 12.0. The summed E-state index contributed by atoms with van der Waals surface area (Å²) in [5.41, 5.74) is 7.19. The van der Waals surface area contributed by atoms with Crippen molar-refractivity contribution in [1.82, 2.24) is 0 Å². The second kappa shape index (κ2) is 10.5. The standard InChI is InChI=1S/C33H34O7S2/c1-17(34)39-14-25-22-4-5-23-29-19(8-21(35)10-28(29)38-3)13-33-7-6-18(12-33)15-41-42-16-20-9-26(36)27(37-2)11-24(20)31(25)40-32(22)30(23)33/h4-5,8-11,18,25,31,35-36H,6-7,12-16H2,1-3H3. The zero-order valence-electron chi connectivity index (χ0n) is 23.9. The molecular weight excluding hydrogens is 572 g/mol. The van der Waals surface area contributed by atoms with Gasteiger partial charge in [0, 0.05) is 52.2 Å². The van der Waals surface area contributed by atoms with Crippen molar-refractivity contribution in [3.05, 3.63) is 64.2 Å². The summed E-state index contributed by atoms with van der Waals surface area (Å²) in [6.07, 6.45) is 3.55. The van der Waals surface area contributed by atoms with E-state index in [1.54, 1.807) is 37.1 Å². The highest BCUT2D eigenvalue weighted by Crippen LogP contribution is 2.62. The number of hydrogen-bond donors (Lipinski definition) is 2. The lowest BCUT2D eigenvalue weighted by atomic mass is 9.65. The molecule has 4 bridgehead atoms. The van der Waals surface area contributed by atoms with Crippen LogP contribution < -0.4 is 14.2 Å². The van der Waals surface area contributed by atoms with Gasteiger partial charge in [-0.1, -0.05) is 33.7 Å². The number of benzene rings is 3. The van der Waals surface area contributed by atoms with Crippen molar-refractivity contribution in [2.45, 2.75) is 55.8 Å². The highest BCUT2D eigenvalue weighted by Gasteiger charge is 2.50. The van der Waals surface area contributed by atoms with Gasteiger partial charge in [-0.2, -0.15) is 0 Å². The summed E-state index contributed by atoms with van der Waals surface area (Å²) >= 11 is 0. The monoisotopic (exact) mass is 606 g/mol. The van der Waals surface area contributed by atoms with Crippen molar-refractivity contribution < 1.29 is 34.0 Å². The van der Waals surface area contributed by atoms with Crippen LogP contribution >= 0.6 is 21.6 Å². The second-order valence-corrected chi connectivity index (χ2v) is 14.4. The minimum absolute atomic E-state index is 0.0977. The molecule has 3 aromatic carbocycles. The minimum Gasteiger partial charge on any atom is -0.508 e. The van der Waals surface area contributed by atoms with Gasteiger partial charge in [-0.3, -0.25) is 4.79 Å². The van der Waals surface area contributed by atoms with E-state index in [2.05, 4.69) is 12.1 Å². The zero-order chi connectivity index (χ0) is 29.2. The van der Waals surface area contributed by atoms with E-state index >= 15 is 0 Å². The molecule has 4 unspecified atom stereocenters. The Hall–Kier alpha value is -3.17. The Kier molecular flexibility index (Phi) is 6.93. The van der Waals surface area contributed by atoms with Crippen LogP contribution in [0.3, 0.4) is 0 Å². The van der Waals surface area contributed by atoms with E-state index in [9.17, 15) is 15.0 Å². The predicted octanol–water partition coefficient (Wildman–Crippen LogP) is 7.05. The lowest BCUT2D eigenvalue weighted by Crippen LogP contribution is -2.31. The maximum Gasteiger partial charge on any atom is 0.302 e. The predicted molar refractivity (Wildman–Crippen MR) is 164 cm³/mol. The zero-order valence-corrected chi connectivity index (χ0v) is 25.5. The summed E-state index contributed by atoms with van der Waals surface area (Å²) in [5.74, 6) is 3.94. The van der Waals surface area contributed by atoms with Gasteiger partial charge in [0.05, 0.1) is 20.1 Å². The van der Waals surface area contributed by atoms with Crippen LogP contribution in [-0.2, 0) is 27.1 Å². The van der Waals surface area contributed by atoms with Crippen LogP contribution in [0.1, 0.15) is 66.0 Å². The third kappa shape index (κ3) is 4.39. The van der Waals surface area contributed by atoms with Gasteiger partial charge in [0.2, 0.25) is 0 Å². The number of phenolic OH excluding ortho intramolecular Hbond substituents is 2. The van der Waals surface area contributed by atoms with Crippen LogP contribution in [0.5, 0.6) is 28.7 Å². The Morgan fingerprint density at radius 3 is 2.67 bits per heavy atom. The van der Waals surface area contributed by atoms with Crippen molar-refractivity contribution in [3.63, 3.8) is 0 Å². The van der Waals surface area contributed by atoms with Crippen molar-refractivity contribution in [2.75, 3.05) is 26.6 Å². The molecule has 220 valence electrons. The molecule has 1 saturated carbocycles. The number of hydrogen-bond acceptors (Lipinski definition) is 9. The van der Waals surface area contributed by atoms with E-state index in [4.69, 9.17) is 18.9 Å². The van der Waals surface area contributed by atoms with Crippen molar-refractivity contribution in [3.8, 4) is 39.9 Å². The number of rotatable bonds is 4. The summed E-state index contributed by atoms with van der Waals surface area (Å²) in [5, 5.41) is 21.3.